The Kier molecular flexibility index (Phi) is 4.52. The lowest BCUT2D eigenvalue weighted by Crippen LogP contribution is -2.25. The van der Waals surface area contributed by atoms with Gasteiger partial charge in [-0.3, -0.25) is 4.98 Å². The molecule has 0 saturated carbocycles. The van der Waals surface area contributed by atoms with Gasteiger partial charge in [0.2, 0.25) is 5.95 Å². The monoisotopic (exact) mass is 382 g/mol. The van der Waals surface area contributed by atoms with E-state index in [1.807, 2.05) is 53.7 Å². The van der Waals surface area contributed by atoms with Crippen LogP contribution in [0.25, 0.3) is 16.9 Å². The van der Waals surface area contributed by atoms with Crippen LogP contribution in [-0.4, -0.2) is 31.3 Å². The maximum absolute atomic E-state index is 4.86. The van der Waals surface area contributed by atoms with Crippen LogP contribution in [0.2, 0.25) is 0 Å². The minimum atomic E-state index is 0.224. The Morgan fingerprint density at radius 2 is 1.97 bits per heavy atom. The molecule has 1 atom stereocenters. The second-order valence-corrected chi connectivity index (χ2v) is 7.36. The van der Waals surface area contributed by atoms with Crippen LogP contribution in [0, 0.1) is 6.92 Å². The highest BCUT2D eigenvalue weighted by Crippen LogP contribution is 2.34. The van der Waals surface area contributed by atoms with Gasteiger partial charge in [0.25, 0.3) is 0 Å². The van der Waals surface area contributed by atoms with Gasteiger partial charge in [0, 0.05) is 30.7 Å². The summed E-state index contributed by atoms with van der Waals surface area (Å²) in [6.07, 6.45) is 9.73. The van der Waals surface area contributed by atoms with Crippen molar-refractivity contribution in [2.75, 3.05) is 11.4 Å². The first-order valence-corrected chi connectivity index (χ1v) is 9.91. The van der Waals surface area contributed by atoms with Gasteiger partial charge in [-0.25, -0.2) is 14.6 Å². The molecule has 0 amide bonds. The molecule has 6 nitrogen and oxygen atoms in total. The third-order valence-corrected chi connectivity index (χ3v) is 5.33. The van der Waals surface area contributed by atoms with Crippen molar-refractivity contribution in [3.8, 4) is 16.9 Å². The molecule has 1 fully saturated rings. The van der Waals surface area contributed by atoms with E-state index < -0.39 is 0 Å². The van der Waals surface area contributed by atoms with Crippen molar-refractivity contribution in [2.45, 2.75) is 25.8 Å². The minimum absolute atomic E-state index is 0.224. The molecule has 0 N–H and O–H groups in total. The fourth-order valence-electron chi connectivity index (χ4n) is 3.90. The van der Waals surface area contributed by atoms with Crippen LogP contribution in [0.3, 0.4) is 0 Å². The van der Waals surface area contributed by atoms with Crippen LogP contribution >= 0.6 is 0 Å². The van der Waals surface area contributed by atoms with Gasteiger partial charge in [0.05, 0.1) is 29.3 Å². The van der Waals surface area contributed by atoms with E-state index in [-0.39, 0.29) is 6.04 Å². The van der Waals surface area contributed by atoms with Crippen molar-refractivity contribution < 1.29 is 0 Å². The van der Waals surface area contributed by atoms with Gasteiger partial charge in [-0.15, -0.1) is 0 Å². The van der Waals surface area contributed by atoms with Gasteiger partial charge in [0.15, 0.2) is 0 Å². The lowest BCUT2D eigenvalue weighted by Gasteiger charge is -2.24. The van der Waals surface area contributed by atoms with Gasteiger partial charge in [-0.2, -0.15) is 5.10 Å². The second kappa shape index (κ2) is 7.47. The molecule has 4 aromatic rings. The number of benzene rings is 1. The second-order valence-electron chi connectivity index (χ2n) is 7.36. The first-order chi connectivity index (χ1) is 14.3. The zero-order valence-electron chi connectivity index (χ0n) is 16.3. The summed E-state index contributed by atoms with van der Waals surface area (Å²) in [5, 5.41) is 4.53. The number of rotatable bonds is 4. The molecule has 1 aromatic carbocycles. The maximum atomic E-state index is 4.86. The Morgan fingerprint density at radius 1 is 1.00 bits per heavy atom. The summed E-state index contributed by atoms with van der Waals surface area (Å²) in [6.45, 7) is 3.02. The summed E-state index contributed by atoms with van der Waals surface area (Å²) >= 11 is 0. The molecule has 4 heterocycles. The van der Waals surface area contributed by atoms with Gasteiger partial charge in [-0.1, -0.05) is 18.2 Å². The van der Waals surface area contributed by atoms with Crippen LogP contribution in [0.5, 0.6) is 0 Å². The smallest absolute Gasteiger partial charge is 0.226 e. The largest absolute Gasteiger partial charge is 0.332 e. The van der Waals surface area contributed by atoms with Crippen molar-refractivity contribution in [3.05, 3.63) is 84.6 Å². The predicted molar refractivity (Wildman–Crippen MR) is 113 cm³/mol. The van der Waals surface area contributed by atoms with E-state index >= 15 is 0 Å². The number of hydrogen-bond acceptors (Lipinski definition) is 5. The van der Waals surface area contributed by atoms with E-state index in [1.165, 1.54) is 5.56 Å². The molecule has 1 aliphatic heterocycles. The fourth-order valence-corrected chi connectivity index (χ4v) is 3.90. The lowest BCUT2D eigenvalue weighted by molar-refractivity contribution is 0.680. The zero-order chi connectivity index (χ0) is 19.6. The Balaban J connectivity index is 1.45. The number of nitrogens with zero attached hydrogens (tertiary/aromatic N) is 6. The SMILES string of the molecule is Cc1cccc(-n2cc(-c3ccnc(N4CCCC4c4ccccn4)n3)cn2)c1. The average molecular weight is 382 g/mol. The molecular formula is C23H22N6. The van der Waals surface area contributed by atoms with Crippen LogP contribution in [-0.2, 0) is 0 Å². The van der Waals surface area contributed by atoms with E-state index in [1.54, 1.807) is 0 Å². The Hall–Kier alpha value is -3.54. The minimum Gasteiger partial charge on any atom is -0.332 e. The molecule has 144 valence electrons. The van der Waals surface area contributed by atoms with E-state index in [0.29, 0.717) is 0 Å². The molecule has 0 aliphatic carbocycles. The third-order valence-electron chi connectivity index (χ3n) is 5.33. The number of hydrogen-bond donors (Lipinski definition) is 0. The Bertz CT molecular complexity index is 1120. The molecule has 3 aromatic heterocycles. The fraction of sp³-hybridized carbons (Fsp3) is 0.217. The number of aryl methyl sites for hydroxylation is 1. The number of pyridine rings is 1. The Labute approximate surface area is 169 Å². The summed E-state index contributed by atoms with van der Waals surface area (Å²) in [5.74, 6) is 0.749. The summed E-state index contributed by atoms with van der Waals surface area (Å²) in [5.41, 5.74) is 5.18. The Morgan fingerprint density at radius 3 is 2.83 bits per heavy atom. The average Bonchev–Trinajstić information content (AvgIpc) is 3.45. The topological polar surface area (TPSA) is 59.7 Å². The first-order valence-electron chi connectivity index (χ1n) is 9.91. The number of anilines is 1. The van der Waals surface area contributed by atoms with Crippen LogP contribution in [0.15, 0.2) is 73.3 Å². The lowest BCUT2D eigenvalue weighted by atomic mass is 10.1. The van der Waals surface area contributed by atoms with Crippen LogP contribution < -0.4 is 4.90 Å². The highest BCUT2D eigenvalue weighted by Gasteiger charge is 2.29. The van der Waals surface area contributed by atoms with E-state index in [9.17, 15) is 0 Å². The molecule has 29 heavy (non-hydrogen) atoms. The normalized spacial score (nSPS) is 16.3. The summed E-state index contributed by atoms with van der Waals surface area (Å²) in [6, 6.07) is 16.5. The maximum Gasteiger partial charge on any atom is 0.226 e. The highest BCUT2D eigenvalue weighted by atomic mass is 15.3. The molecule has 0 spiro atoms. The standard InChI is InChI=1S/C23H22N6/c1-17-6-4-7-19(14-17)29-16-18(15-26-29)20-10-12-25-23(27-20)28-13-5-9-22(28)21-8-2-3-11-24-21/h2-4,6-8,10-12,14-16,22H,5,9,13H2,1H3. The van der Waals surface area contributed by atoms with Crippen molar-refractivity contribution in [2.24, 2.45) is 0 Å². The molecule has 5 rings (SSSR count). The molecule has 0 bridgehead atoms. The van der Waals surface area contributed by atoms with Gasteiger partial charge >= 0.3 is 0 Å². The molecule has 1 unspecified atom stereocenters. The van der Waals surface area contributed by atoms with Crippen LogP contribution in [0.1, 0.15) is 30.1 Å². The predicted octanol–water partition coefficient (Wildman–Crippen LogP) is 4.37. The third kappa shape index (κ3) is 3.49. The van der Waals surface area contributed by atoms with E-state index in [2.05, 4.69) is 51.2 Å². The van der Waals surface area contributed by atoms with Crippen molar-refractivity contribution in [1.82, 2.24) is 24.7 Å². The van der Waals surface area contributed by atoms with Crippen LogP contribution in [0.4, 0.5) is 5.95 Å². The van der Waals surface area contributed by atoms with Crippen molar-refractivity contribution in [1.29, 1.82) is 0 Å². The molecule has 1 aliphatic rings. The summed E-state index contributed by atoms with van der Waals surface area (Å²) < 4.78 is 1.89. The molecule has 0 radical (unpaired) electrons. The zero-order valence-corrected chi connectivity index (χ0v) is 16.3. The first kappa shape index (κ1) is 17.6. The molecular weight excluding hydrogens is 360 g/mol. The van der Waals surface area contributed by atoms with Crippen molar-refractivity contribution in [3.63, 3.8) is 0 Å². The molecule has 1 saturated heterocycles. The van der Waals surface area contributed by atoms with E-state index in [0.717, 1.165) is 48.0 Å². The quantitative estimate of drug-likeness (QED) is 0.524. The summed E-state index contributed by atoms with van der Waals surface area (Å²) in [4.78, 5) is 16.2. The highest BCUT2D eigenvalue weighted by molar-refractivity contribution is 5.59. The van der Waals surface area contributed by atoms with Gasteiger partial charge < -0.3 is 4.90 Å². The van der Waals surface area contributed by atoms with Gasteiger partial charge in [0.1, 0.15) is 0 Å². The van der Waals surface area contributed by atoms with E-state index in [4.69, 9.17) is 4.98 Å². The molecule has 6 heteroatoms. The number of aromatic nitrogens is 5. The van der Waals surface area contributed by atoms with Crippen molar-refractivity contribution >= 4 is 5.95 Å². The summed E-state index contributed by atoms with van der Waals surface area (Å²) in [7, 11) is 0. The van der Waals surface area contributed by atoms with Gasteiger partial charge in [-0.05, 0) is 55.7 Å².